The molecule has 1 atom stereocenters. The molecule has 1 aliphatic rings. The van der Waals surface area contributed by atoms with Gasteiger partial charge in [0.1, 0.15) is 11.4 Å². The van der Waals surface area contributed by atoms with E-state index in [-0.39, 0.29) is 0 Å². The zero-order chi connectivity index (χ0) is 19.4. The van der Waals surface area contributed by atoms with Gasteiger partial charge < -0.3 is 24.1 Å². The number of ether oxygens (including phenoxy) is 4. The van der Waals surface area contributed by atoms with Gasteiger partial charge in [0.15, 0.2) is 11.5 Å². The highest BCUT2D eigenvalue weighted by Gasteiger charge is 2.36. The van der Waals surface area contributed by atoms with Crippen molar-refractivity contribution in [3.05, 3.63) is 47.0 Å². The Bertz CT molecular complexity index is 776. The highest BCUT2D eigenvalue weighted by atomic mass is 16.5. The van der Waals surface area contributed by atoms with Crippen LogP contribution in [0, 0.1) is 0 Å². The Morgan fingerprint density at radius 2 is 1.52 bits per heavy atom. The molecule has 0 bridgehead atoms. The molecular weight excluding hydrogens is 344 g/mol. The van der Waals surface area contributed by atoms with E-state index < -0.39 is 5.60 Å². The molecule has 0 saturated heterocycles. The second kappa shape index (κ2) is 8.09. The lowest BCUT2D eigenvalue weighted by Gasteiger charge is -2.34. The van der Waals surface area contributed by atoms with E-state index >= 15 is 0 Å². The van der Waals surface area contributed by atoms with E-state index in [2.05, 4.69) is 0 Å². The molecule has 27 heavy (non-hydrogen) atoms. The zero-order valence-electron chi connectivity index (χ0n) is 16.5. The minimum Gasteiger partial charge on any atom is -0.497 e. The highest BCUT2D eigenvalue weighted by Crippen LogP contribution is 2.46. The molecule has 1 aliphatic carbocycles. The second-order valence-electron chi connectivity index (χ2n) is 6.86. The zero-order valence-corrected chi connectivity index (χ0v) is 16.5. The summed E-state index contributed by atoms with van der Waals surface area (Å²) in [5.41, 5.74) is 1.64. The lowest BCUT2D eigenvalue weighted by molar-refractivity contribution is 0.0646. The predicted molar refractivity (Wildman–Crippen MR) is 104 cm³/mol. The largest absolute Gasteiger partial charge is 0.497 e. The fourth-order valence-corrected chi connectivity index (χ4v) is 3.93. The van der Waals surface area contributed by atoms with Crippen molar-refractivity contribution in [1.29, 1.82) is 0 Å². The van der Waals surface area contributed by atoms with Crippen molar-refractivity contribution in [1.82, 2.24) is 0 Å². The smallest absolute Gasteiger partial charge is 0.203 e. The van der Waals surface area contributed by atoms with Crippen LogP contribution in [0.5, 0.6) is 23.0 Å². The first-order valence-corrected chi connectivity index (χ1v) is 9.27. The Balaban J connectivity index is 2.20. The summed E-state index contributed by atoms with van der Waals surface area (Å²) in [6.45, 7) is 0. The highest BCUT2D eigenvalue weighted by molar-refractivity contribution is 5.57. The topological polar surface area (TPSA) is 57.2 Å². The van der Waals surface area contributed by atoms with Crippen LogP contribution in [-0.4, -0.2) is 33.5 Å². The number of hydrogen-bond acceptors (Lipinski definition) is 5. The van der Waals surface area contributed by atoms with Gasteiger partial charge in [-0.1, -0.05) is 12.5 Å². The maximum atomic E-state index is 11.9. The normalized spacial score (nSPS) is 19.4. The molecule has 0 fully saturated rings. The summed E-state index contributed by atoms with van der Waals surface area (Å²) in [6.07, 6.45) is 4.66. The van der Waals surface area contributed by atoms with Crippen LogP contribution in [0.3, 0.4) is 0 Å². The van der Waals surface area contributed by atoms with Gasteiger partial charge in [0.25, 0.3) is 0 Å². The number of methoxy groups -OCH3 is 4. The Labute approximate surface area is 160 Å². The molecule has 146 valence electrons. The maximum Gasteiger partial charge on any atom is 0.203 e. The number of fused-ring (bicyclic) bond motifs is 1. The third-order valence-corrected chi connectivity index (χ3v) is 5.38. The standard InChI is InChI=1S/C22H28O5/c1-24-17-9-10-18-15(12-17)8-6-5-7-11-22(18,23)16-13-19(25-2)21(27-4)20(14-16)26-3/h9-10,12-14,23H,5-8,11H2,1-4H3. The monoisotopic (exact) mass is 372 g/mol. The summed E-state index contributed by atoms with van der Waals surface area (Å²) in [6, 6.07) is 9.60. The third kappa shape index (κ3) is 3.56. The van der Waals surface area contributed by atoms with Crippen LogP contribution in [0.4, 0.5) is 0 Å². The van der Waals surface area contributed by atoms with Crippen LogP contribution >= 0.6 is 0 Å². The molecule has 1 unspecified atom stereocenters. The summed E-state index contributed by atoms with van der Waals surface area (Å²) in [4.78, 5) is 0. The molecule has 5 heteroatoms. The van der Waals surface area contributed by atoms with E-state index in [1.165, 1.54) is 0 Å². The van der Waals surface area contributed by atoms with E-state index in [4.69, 9.17) is 18.9 Å². The molecule has 2 aromatic rings. The lowest BCUT2D eigenvalue weighted by Crippen LogP contribution is -2.30. The van der Waals surface area contributed by atoms with Gasteiger partial charge in [-0.25, -0.2) is 0 Å². The van der Waals surface area contributed by atoms with Gasteiger partial charge in [-0.2, -0.15) is 0 Å². The van der Waals surface area contributed by atoms with Crippen molar-refractivity contribution < 1.29 is 24.1 Å². The van der Waals surface area contributed by atoms with E-state index in [9.17, 15) is 5.11 Å². The van der Waals surface area contributed by atoms with Crippen LogP contribution in [-0.2, 0) is 12.0 Å². The van der Waals surface area contributed by atoms with Crippen molar-refractivity contribution in [2.75, 3.05) is 28.4 Å². The van der Waals surface area contributed by atoms with Gasteiger partial charge >= 0.3 is 0 Å². The number of rotatable bonds is 5. The van der Waals surface area contributed by atoms with E-state index in [1.54, 1.807) is 28.4 Å². The molecule has 0 saturated carbocycles. The van der Waals surface area contributed by atoms with Gasteiger partial charge in [-0.3, -0.25) is 0 Å². The van der Waals surface area contributed by atoms with Crippen molar-refractivity contribution in [2.24, 2.45) is 0 Å². The molecule has 0 spiro atoms. The molecule has 0 aromatic heterocycles. The molecule has 0 radical (unpaired) electrons. The third-order valence-electron chi connectivity index (χ3n) is 5.38. The Morgan fingerprint density at radius 3 is 2.11 bits per heavy atom. The predicted octanol–water partition coefficient (Wildman–Crippen LogP) is 4.07. The Morgan fingerprint density at radius 1 is 0.815 bits per heavy atom. The molecule has 2 aromatic carbocycles. The number of aliphatic hydroxyl groups is 1. The van der Waals surface area contributed by atoms with Crippen molar-refractivity contribution >= 4 is 0 Å². The maximum absolute atomic E-state index is 11.9. The molecule has 0 aliphatic heterocycles. The van der Waals surface area contributed by atoms with Gasteiger partial charge in [-0.15, -0.1) is 0 Å². The van der Waals surface area contributed by atoms with Crippen LogP contribution in [0.15, 0.2) is 30.3 Å². The van der Waals surface area contributed by atoms with E-state index in [1.807, 2.05) is 30.3 Å². The Kier molecular flexibility index (Phi) is 5.80. The van der Waals surface area contributed by atoms with Crippen LogP contribution in [0.25, 0.3) is 0 Å². The molecule has 1 N–H and O–H groups in total. The van der Waals surface area contributed by atoms with Gasteiger partial charge in [0, 0.05) is 0 Å². The Hall–Kier alpha value is -2.40. The lowest BCUT2D eigenvalue weighted by atomic mass is 9.77. The number of aryl methyl sites for hydroxylation is 1. The first-order chi connectivity index (χ1) is 13.1. The van der Waals surface area contributed by atoms with E-state index in [0.29, 0.717) is 23.7 Å². The minimum absolute atomic E-state index is 0.521. The number of hydrogen-bond donors (Lipinski definition) is 1. The van der Waals surface area contributed by atoms with Crippen LogP contribution in [0.1, 0.15) is 42.4 Å². The molecule has 0 heterocycles. The summed E-state index contributed by atoms with van der Waals surface area (Å²) < 4.78 is 21.8. The van der Waals surface area contributed by atoms with Gasteiger partial charge in [0.2, 0.25) is 5.75 Å². The summed E-state index contributed by atoms with van der Waals surface area (Å²) >= 11 is 0. The van der Waals surface area contributed by atoms with Crippen molar-refractivity contribution in [2.45, 2.75) is 37.7 Å². The fraction of sp³-hybridized carbons (Fsp3) is 0.455. The van der Waals surface area contributed by atoms with E-state index in [0.717, 1.165) is 48.1 Å². The quantitative estimate of drug-likeness (QED) is 0.857. The fourth-order valence-electron chi connectivity index (χ4n) is 3.93. The van der Waals surface area contributed by atoms with Gasteiger partial charge in [0.05, 0.1) is 28.4 Å². The summed E-state index contributed by atoms with van der Waals surface area (Å²) in [7, 11) is 6.41. The first-order valence-electron chi connectivity index (χ1n) is 9.27. The van der Waals surface area contributed by atoms with Crippen molar-refractivity contribution in [3.8, 4) is 23.0 Å². The van der Waals surface area contributed by atoms with Gasteiger partial charge in [-0.05, 0) is 66.6 Å². The van der Waals surface area contributed by atoms with Crippen molar-refractivity contribution in [3.63, 3.8) is 0 Å². The molecule has 0 amide bonds. The average molecular weight is 372 g/mol. The summed E-state index contributed by atoms with van der Waals surface area (Å²) in [5.74, 6) is 2.41. The summed E-state index contributed by atoms with van der Waals surface area (Å²) in [5, 5.41) is 11.9. The average Bonchev–Trinajstić information content (AvgIpc) is 2.70. The van der Waals surface area contributed by atoms with Crippen LogP contribution < -0.4 is 18.9 Å². The molecular formula is C22H28O5. The molecule has 3 rings (SSSR count). The number of benzene rings is 2. The minimum atomic E-state index is -1.13. The first kappa shape index (κ1) is 19.4. The SMILES string of the molecule is COc1ccc2c(c1)CCCCCC2(O)c1cc(OC)c(OC)c(OC)c1. The molecule has 5 nitrogen and oxygen atoms in total. The second-order valence-corrected chi connectivity index (χ2v) is 6.86. The van der Waals surface area contributed by atoms with Crippen LogP contribution in [0.2, 0.25) is 0 Å².